The molecule has 0 atom stereocenters. The number of ether oxygens (including phenoxy) is 1. The van der Waals surface area contributed by atoms with Crippen molar-refractivity contribution >= 4 is 11.6 Å². The third kappa shape index (κ3) is 3.88. The van der Waals surface area contributed by atoms with Crippen LogP contribution in [0.1, 0.15) is 19.0 Å². The van der Waals surface area contributed by atoms with E-state index in [1.54, 1.807) is 12.3 Å². The number of rotatable bonds is 6. The van der Waals surface area contributed by atoms with Crippen LogP contribution in [0.15, 0.2) is 30.6 Å². The van der Waals surface area contributed by atoms with Gasteiger partial charge in [-0.15, -0.1) is 0 Å². The first-order valence-electron chi connectivity index (χ1n) is 6.34. The molecule has 0 unspecified atom stereocenters. The van der Waals surface area contributed by atoms with Crippen LogP contribution in [-0.2, 0) is 6.54 Å². The third-order valence-electron chi connectivity index (χ3n) is 2.55. The molecule has 1 heterocycles. The molecule has 0 saturated carbocycles. The molecule has 1 aromatic heterocycles. The van der Waals surface area contributed by atoms with Crippen molar-refractivity contribution in [2.75, 3.05) is 6.54 Å². The fourth-order valence-corrected chi connectivity index (χ4v) is 1.72. The molecule has 0 aliphatic rings. The molecule has 0 radical (unpaired) electrons. The number of nitrogens with one attached hydrogen (secondary N) is 1. The van der Waals surface area contributed by atoms with Gasteiger partial charge in [0.15, 0.2) is 11.6 Å². The van der Waals surface area contributed by atoms with Crippen molar-refractivity contribution in [3.8, 4) is 11.6 Å². The Hall–Kier alpha value is -1.72. The Morgan fingerprint density at radius 1 is 1.30 bits per heavy atom. The van der Waals surface area contributed by atoms with Crippen molar-refractivity contribution < 1.29 is 9.13 Å². The molecule has 0 spiro atoms. The van der Waals surface area contributed by atoms with Gasteiger partial charge in [0.1, 0.15) is 0 Å². The second-order valence-electron chi connectivity index (χ2n) is 4.18. The van der Waals surface area contributed by atoms with Gasteiger partial charge in [-0.2, -0.15) is 0 Å². The highest BCUT2D eigenvalue weighted by atomic mass is 35.5. The summed E-state index contributed by atoms with van der Waals surface area (Å²) >= 11 is 5.68. The van der Waals surface area contributed by atoms with Crippen molar-refractivity contribution in [2.45, 2.75) is 19.9 Å². The molecule has 0 amide bonds. The number of halogens is 2. The smallest absolute Gasteiger partial charge is 0.237 e. The lowest BCUT2D eigenvalue weighted by Crippen LogP contribution is -2.14. The van der Waals surface area contributed by atoms with E-state index in [1.165, 1.54) is 18.3 Å². The first-order valence-corrected chi connectivity index (χ1v) is 6.72. The molecular weight excluding hydrogens is 281 g/mol. The Labute approximate surface area is 122 Å². The average molecular weight is 296 g/mol. The molecule has 1 aromatic carbocycles. The van der Waals surface area contributed by atoms with Gasteiger partial charge in [0.25, 0.3) is 0 Å². The summed E-state index contributed by atoms with van der Waals surface area (Å²) in [6.07, 6.45) is 4.12. The number of nitrogens with zero attached hydrogens (tertiary/aromatic N) is 2. The average Bonchev–Trinajstić information content (AvgIpc) is 2.46. The zero-order valence-corrected chi connectivity index (χ0v) is 11.8. The molecule has 0 aliphatic carbocycles. The molecule has 4 nitrogen and oxygen atoms in total. The first kappa shape index (κ1) is 14.7. The fraction of sp³-hybridized carbons (Fsp3) is 0.286. The molecule has 1 N–H and O–H groups in total. The molecule has 2 aromatic rings. The summed E-state index contributed by atoms with van der Waals surface area (Å²) < 4.78 is 19.0. The van der Waals surface area contributed by atoms with Crippen molar-refractivity contribution in [1.29, 1.82) is 0 Å². The number of aromatic nitrogens is 2. The van der Waals surface area contributed by atoms with E-state index in [9.17, 15) is 4.39 Å². The quantitative estimate of drug-likeness (QED) is 0.828. The lowest BCUT2D eigenvalue weighted by Gasteiger charge is -2.07. The van der Waals surface area contributed by atoms with E-state index >= 15 is 0 Å². The Morgan fingerprint density at radius 2 is 2.15 bits per heavy atom. The van der Waals surface area contributed by atoms with Crippen molar-refractivity contribution in [1.82, 2.24) is 15.3 Å². The summed E-state index contributed by atoms with van der Waals surface area (Å²) in [5.74, 6) is -0.348. The van der Waals surface area contributed by atoms with E-state index in [2.05, 4.69) is 22.2 Å². The topological polar surface area (TPSA) is 47.0 Å². The SMILES string of the molecule is CCCNCc1cnc(Oc2cccc(Cl)c2F)cn1. The zero-order chi connectivity index (χ0) is 14.4. The van der Waals surface area contributed by atoms with Crippen LogP contribution >= 0.6 is 11.6 Å². The van der Waals surface area contributed by atoms with Gasteiger partial charge in [-0.25, -0.2) is 9.37 Å². The summed E-state index contributed by atoms with van der Waals surface area (Å²) in [7, 11) is 0. The minimum absolute atomic E-state index is 0.0100. The van der Waals surface area contributed by atoms with Gasteiger partial charge in [-0.3, -0.25) is 4.98 Å². The van der Waals surface area contributed by atoms with Crippen molar-refractivity contribution in [3.05, 3.63) is 47.1 Å². The van der Waals surface area contributed by atoms with Gasteiger partial charge in [-0.1, -0.05) is 24.6 Å². The van der Waals surface area contributed by atoms with Gasteiger partial charge in [0, 0.05) is 6.54 Å². The lowest BCUT2D eigenvalue weighted by atomic mass is 10.3. The Morgan fingerprint density at radius 3 is 2.85 bits per heavy atom. The van der Waals surface area contributed by atoms with Crippen LogP contribution in [0.5, 0.6) is 11.6 Å². The number of hydrogen-bond donors (Lipinski definition) is 1. The second kappa shape index (κ2) is 7.17. The minimum Gasteiger partial charge on any atom is -0.434 e. The van der Waals surface area contributed by atoms with E-state index < -0.39 is 5.82 Å². The largest absolute Gasteiger partial charge is 0.434 e. The Kier molecular flexibility index (Phi) is 5.26. The van der Waals surface area contributed by atoms with Crippen molar-refractivity contribution in [2.24, 2.45) is 0 Å². The fourth-order valence-electron chi connectivity index (χ4n) is 1.56. The number of hydrogen-bond acceptors (Lipinski definition) is 4. The molecular formula is C14H15ClFN3O. The first-order chi connectivity index (χ1) is 9.70. The maximum Gasteiger partial charge on any atom is 0.237 e. The molecule has 0 bridgehead atoms. The van der Waals surface area contributed by atoms with E-state index in [1.807, 2.05) is 0 Å². The standard InChI is InChI=1S/C14H15ClFN3O/c1-2-6-17-7-10-8-19-13(9-18-10)20-12-5-3-4-11(15)14(12)16/h3-5,8-9,17H,2,6-7H2,1H3. The zero-order valence-electron chi connectivity index (χ0n) is 11.1. The summed E-state index contributed by atoms with van der Waals surface area (Å²) in [5, 5.41) is 3.23. The van der Waals surface area contributed by atoms with E-state index in [4.69, 9.17) is 16.3 Å². The van der Waals surface area contributed by atoms with Crippen LogP contribution in [-0.4, -0.2) is 16.5 Å². The maximum absolute atomic E-state index is 13.7. The van der Waals surface area contributed by atoms with E-state index in [0.717, 1.165) is 18.7 Å². The van der Waals surface area contributed by atoms with Gasteiger partial charge in [0.05, 0.1) is 23.1 Å². The monoisotopic (exact) mass is 295 g/mol. The lowest BCUT2D eigenvalue weighted by molar-refractivity contribution is 0.424. The maximum atomic E-state index is 13.7. The van der Waals surface area contributed by atoms with Crippen molar-refractivity contribution in [3.63, 3.8) is 0 Å². The van der Waals surface area contributed by atoms with Crippen LogP contribution in [0.4, 0.5) is 4.39 Å². The highest BCUT2D eigenvalue weighted by Crippen LogP contribution is 2.27. The van der Waals surface area contributed by atoms with Crippen LogP contribution < -0.4 is 10.1 Å². The van der Waals surface area contributed by atoms with Crippen LogP contribution in [0.2, 0.25) is 5.02 Å². The molecule has 0 aliphatic heterocycles. The Bertz CT molecular complexity index is 563. The normalized spacial score (nSPS) is 10.6. The van der Waals surface area contributed by atoms with Crippen LogP contribution in [0, 0.1) is 5.82 Å². The van der Waals surface area contributed by atoms with Gasteiger partial charge in [0.2, 0.25) is 5.88 Å². The molecule has 0 fully saturated rings. The van der Waals surface area contributed by atoms with Crippen LogP contribution in [0.25, 0.3) is 0 Å². The van der Waals surface area contributed by atoms with Crippen LogP contribution in [0.3, 0.4) is 0 Å². The minimum atomic E-state index is -0.607. The van der Waals surface area contributed by atoms with E-state index in [0.29, 0.717) is 6.54 Å². The predicted molar refractivity (Wildman–Crippen MR) is 75.5 cm³/mol. The highest BCUT2D eigenvalue weighted by molar-refractivity contribution is 6.30. The molecule has 6 heteroatoms. The summed E-state index contributed by atoms with van der Waals surface area (Å²) in [5.41, 5.74) is 0.803. The summed E-state index contributed by atoms with van der Waals surface area (Å²) in [4.78, 5) is 8.28. The third-order valence-corrected chi connectivity index (χ3v) is 2.84. The molecule has 20 heavy (non-hydrogen) atoms. The van der Waals surface area contributed by atoms with Gasteiger partial charge < -0.3 is 10.1 Å². The number of benzene rings is 1. The summed E-state index contributed by atoms with van der Waals surface area (Å²) in [6, 6.07) is 4.55. The van der Waals surface area contributed by atoms with Gasteiger partial charge >= 0.3 is 0 Å². The van der Waals surface area contributed by atoms with Gasteiger partial charge in [-0.05, 0) is 25.1 Å². The Balaban J connectivity index is 2.01. The van der Waals surface area contributed by atoms with E-state index in [-0.39, 0.29) is 16.7 Å². The predicted octanol–water partition coefficient (Wildman–Crippen LogP) is 3.56. The summed E-state index contributed by atoms with van der Waals surface area (Å²) in [6.45, 7) is 3.66. The molecule has 0 saturated heterocycles. The highest BCUT2D eigenvalue weighted by Gasteiger charge is 2.09. The second-order valence-corrected chi connectivity index (χ2v) is 4.58. The molecule has 106 valence electrons. The molecule has 2 rings (SSSR count).